The second-order valence-corrected chi connectivity index (χ2v) is 6.03. The molecule has 1 aromatic rings. The highest BCUT2D eigenvalue weighted by molar-refractivity contribution is 7.88. The van der Waals surface area contributed by atoms with Gasteiger partial charge in [0.1, 0.15) is 5.75 Å². The number of carbonyl (C=O) groups is 1. The molecule has 0 saturated heterocycles. The fourth-order valence-electron chi connectivity index (χ4n) is 1.17. The number of benzene rings is 1. The Labute approximate surface area is 117 Å². The summed E-state index contributed by atoms with van der Waals surface area (Å²) in [6, 6.07) is 6.62. The molecular formula is C11H15ClN2O4S. The third-order valence-electron chi connectivity index (χ3n) is 1.99. The first-order chi connectivity index (χ1) is 8.87. The lowest BCUT2D eigenvalue weighted by molar-refractivity contribution is -0.123. The van der Waals surface area contributed by atoms with Crippen molar-refractivity contribution in [3.05, 3.63) is 29.3 Å². The second kappa shape index (κ2) is 7.32. The molecule has 0 radical (unpaired) electrons. The summed E-state index contributed by atoms with van der Waals surface area (Å²) in [5, 5.41) is 3.11. The van der Waals surface area contributed by atoms with Crippen LogP contribution < -0.4 is 14.8 Å². The first kappa shape index (κ1) is 15.7. The molecule has 0 fully saturated rings. The predicted molar refractivity (Wildman–Crippen MR) is 72.8 cm³/mol. The first-order valence-electron chi connectivity index (χ1n) is 5.46. The summed E-state index contributed by atoms with van der Waals surface area (Å²) in [6.07, 6.45) is 1.05. The number of nitrogens with one attached hydrogen (secondary N) is 2. The summed E-state index contributed by atoms with van der Waals surface area (Å²) in [5.74, 6) is 0.207. The van der Waals surface area contributed by atoms with E-state index in [-0.39, 0.29) is 25.6 Å². The van der Waals surface area contributed by atoms with Crippen LogP contribution in [0, 0.1) is 0 Å². The summed E-state index contributed by atoms with van der Waals surface area (Å²) in [4.78, 5) is 11.4. The van der Waals surface area contributed by atoms with Crippen molar-refractivity contribution in [2.75, 3.05) is 26.0 Å². The summed E-state index contributed by atoms with van der Waals surface area (Å²) in [6.45, 7) is 0.210. The van der Waals surface area contributed by atoms with Gasteiger partial charge < -0.3 is 10.1 Å². The van der Waals surface area contributed by atoms with Crippen molar-refractivity contribution in [2.45, 2.75) is 0 Å². The molecule has 1 amide bonds. The summed E-state index contributed by atoms with van der Waals surface area (Å²) >= 11 is 5.70. The monoisotopic (exact) mass is 306 g/mol. The van der Waals surface area contributed by atoms with Crippen molar-refractivity contribution in [2.24, 2.45) is 0 Å². The zero-order valence-electron chi connectivity index (χ0n) is 10.3. The highest BCUT2D eigenvalue weighted by Crippen LogP contribution is 2.15. The molecular weight excluding hydrogens is 292 g/mol. The molecule has 6 nitrogen and oxygen atoms in total. The normalized spacial score (nSPS) is 11.1. The third-order valence-corrected chi connectivity index (χ3v) is 2.98. The molecule has 1 aromatic carbocycles. The first-order valence-corrected chi connectivity index (χ1v) is 7.73. The van der Waals surface area contributed by atoms with E-state index in [2.05, 4.69) is 10.0 Å². The van der Waals surface area contributed by atoms with E-state index in [0.29, 0.717) is 10.8 Å². The summed E-state index contributed by atoms with van der Waals surface area (Å²) in [5.41, 5.74) is 0. The van der Waals surface area contributed by atoms with Crippen molar-refractivity contribution < 1.29 is 17.9 Å². The standard InChI is InChI=1S/C11H15ClN2O4S/c1-19(16,17)14-7-6-13-11(15)8-18-10-4-2-9(12)3-5-10/h2-5,14H,6-8H2,1H3,(H,13,15). The quantitative estimate of drug-likeness (QED) is 0.714. The van der Waals surface area contributed by atoms with Gasteiger partial charge in [0.15, 0.2) is 6.61 Å². The van der Waals surface area contributed by atoms with Crippen LogP contribution in [-0.4, -0.2) is 40.3 Å². The Bertz CT molecular complexity index is 516. The van der Waals surface area contributed by atoms with Crippen LogP contribution in [0.4, 0.5) is 0 Å². The van der Waals surface area contributed by atoms with Gasteiger partial charge in [-0.05, 0) is 24.3 Å². The average molecular weight is 307 g/mol. The highest BCUT2D eigenvalue weighted by Gasteiger charge is 2.03. The van der Waals surface area contributed by atoms with E-state index >= 15 is 0 Å². The van der Waals surface area contributed by atoms with Gasteiger partial charge in [0.25, 0.3) is 5.91 Å². The summed E-state index contributed by atoms with van der Waals surface area (Å²) in [7, 11) is -3.23. The van der Waals surface area contributed by atoms with E-state index in [1.54, 1.807) is 24.3 Å². The third kappa shape index (κ3) is 7.66. The average Bonchev–Trinajstić information content (AvgIpc) is 2.33. The maximum atomic E-state index is 11.4. The minimum Gasteiger partial charge on any atom is -0.484 e. The van der Waals surface area contributed by atoms with Crippen LogP contribution in [0.3, 0.4) is 0 Å². The van der Waals surface area contributed by atoms with E-state index < -0.39 is 10.0 Å². The van der Waals surface area contributed by atoms with E-state index in [1.165, 1.54) is 0 Å². The number of rotatable bonds is 7. The van der Waals surface area contributed by atoms with Gasteiger partial charge in [0, 0.05) is 18.1 Å². The van der Waals surface area contributed by atoms with Gasteiger partial charge in [-0.25, -0.2) is 13.1 Å². The number of amides is 1. The van der Waals surface area contributed by atoms with E-state index in [0.717, 1.165) is 6.26 Å². The van der Waals surface area contributed by atoms with Crippen molar-refractivity contribution in [1.29, 1.82) is 0 Å². The van der Waals surface area contributed by atoms with E-state index in [9.17, 15) is 13.2 Å². The fraction of sp³-hybridized carbons (Fsp3) is 0.364. The van der Waals surface area contributed by atoms with Crippen molar-refractivity contribution in [3.63, 3.8) is 0 Å². The van der Waals surface area contributed by atoms with Gasteiger partial charge in [-0.1, -0.05) is 11.6 Å². The molecule has 19 heavy (non-hydrogen) atoms. The van der Waals surface area contributed by atoms with Crippen LogP contribution in [0.5, 0.6) is 5.75 Å². The Hall–Kier alpha value is -1.31. The second-order valence-electron chi connectivity index (χ2n) is 3.76. The van der Waals surface area contributed by atoms with Gasteiger partial charge in [0.05, 0.1) is 6.26 Å². The lowest BCUT2D eigenvalue weighted by atomic mass is 10.3. The van der Waals surface area contributed by atoms with E-state index in [4.69, 9.17) is 16.3 Å². The Kier molecular flexibility index (Phi) is 6.07. The van der Waals surface area contributed by atoms with Gasteiger partial charge in [0.2, 0.25) is 10.0 Å². The minimum atomic E-state index is -3.23. The molecule has 106 valence electrons. The Morgan fingerprint density at radius 1 is 1.26 bits per heavy atom. The largest absolute Gasteiger partial charge is 0.484 e. The number of hydrogen-bond donors (Lipinski definition) is 2. The van der Waals surface area contributed by atoms with Crippen LogP contribution in [0.1, 0.15) is 0 Å². The lowest BCUT2D eigenvalue weighted by Gasteiger charge is -2.07. The Morgan fingerprint density at radius 3 is 2.47 bits per heavy atom. The zero-order chi connectivity index (χ0) is 14.3. The maximum absolute atomic E-state index is 11.4. The maximum Gasteiger partial charge on any atom is 0.257 e. The SMILES string of the molecule is CS(=O)(=O)NCCNC(=O)COc1ccc(Cl)cc1. The van der Waals surface area contributed by atoms with Crippen LogP contribution >= 0.6 is 11.6 Å². The molecule has 0 aliphatic rings. The molecule has 8 heteroatoms. The lowest BCUT2D eigenvalue weighted by Crippen LogP contribution is -2.36. The van der Waals surface area contributed by atoms with Crippen molar-refractivity contribution in [3.8, 4) is 5.75 Å². The number of carbonyl (C=O) groups excluding carboxylic acids is 1. The zero-order valence-corrected chi connectivity index (χ0v) is 11.9. The van der Waals surface area contributed by atoms with Crippen molar-refractivity contribution in [1.82, 2.24) is 10.0 Å². The molecule has 0 spiro atoms. The molecule has 0 bridgehead atoms. The van der Waals surface area contributed by atoms with Crippen LogP contribution in [-0.2, 0) is 14.8 Å². The van der Waals surface area contributed by atoms with Gasteiger partial charge in [-0.3, -0.25) is 4.79 Å². The molecule has 0 aliphatic carbocycles. The number of halogens is 1. The fourth-order valence-corrected chi connectivity index (χ4v) is 1.77. The molecule has 0 heterocycles. The van der Waals surface area contributed by atoms with E-state index in [1.807, 2.05) is 0 Å². The van der Waals surface area contributed by atoms with Crippen LogP contribution in [0.2, 0.25) is 5.02 Å². The molecule has 2 N–H and O–H groups in total. The molecule has 0 saturated carbocycles. The molecule has 0 aromatic heterocycles. The predicted octanol–water partition coefficient (Wildman–Crippen LogP) is 0.384. The molecule has 0 aliphatic heterocycles. The molecule has 1 rings (SSSR count). The number of ether oxygens (including phenoxy) is 1. The Morgan fingerprint density at radius 2 is 1.89 bits per heavy atom. The minimum absolute atomic E-state index is 0.138. The topological polar surface area (TPSA) is 84.5 Å². The summed E-state index contributed by atoms with van der Waals surface area (Å²) < 4.78 is 29.0. The smallest absolute Gasteiger partial charge is 0.257 e. The van der Waals surface area contributed by atoms with Crippen LogP contribution in [0.15, 0.2) is 24.3 Å². The van der Waals surface area contributed by atoms with Gasteiger partial charge >= 0.3 is 0 Å². The number of hydrogen-bond acceptors (Lipinski definition) is 4. The van der Waals surface area contributed by atoms with Gasteiger partial charge in [-0.15, -0.1) is 0 Å². The van der Waals surface area contributed by atoms with Crippen LogP contribution in [0.25, 0.3) is 0 Å². The highest BCUT2D eigenvalue weighted by atomic mass is 35.5. The molecule has 0 unspecified atom stereocenters. The van der Waals surface area contributed by atoms with Gasteiger partial charge in [-0.2, -0.15) is 0 Å². The van der Waals surface area contributed by atoms with Crippen molar-refractivity contribution >= 4 is 27.5 Å². The number of sulfonamides is 1. The molecule has 0 atom stereocenters. The Balaban J connectivity index is 2.19.